The predicted octanol–water partition coefficient (Wildman–Crippen LogP) is 0.358. The number of rotatable bonds is 0. The standard InChI is InChI=1S/C7H5NO3/c9-7-3-5-6(4-11-7)10-2-1-8-5/h2H,3-4H2. The Morgan fingerprint density at radius 1 is 1.64 bits per heavy atom. The maximum absolute atomic E-state index is 10.7. The van der Waals surface area contributed by atoms with Crippen LogP contribution in [-0.4, -0.2) is 18.4 Å². The van der Waals surface area contributed by atoms with Crippen LogP contribution >= 0.6 is 0 Å². The molecule has 11 heavy (non-hydrogen) atoms. The van der Waals surface area contributed by atoms with Gasteiger partial charge in [0.2, 0.25) is 0 Å². The molecule has 0 aromatic carbocycles. The lowest BCUT2D eigenvalue weighted by Gasteiger charge is -2.16. The summed E-state index contributed by atoms with van der Waals surface area (Å²) >= 11 is 0. The molecule has 56 valence electrons. The second-order valence-electron chi connectivity index (χ2n) is 2.18. The van der Waals surface area contributed by atoms with E-state index in [-0.39, 0.29) is 19.0 Å². The minimum absolute atomic E-state index is 0.190. The zero-order valence-corrected chi connectivity index (χ0v) is 5.66. The first-order chi connectivity index (χ1) is 5.36. The molecule has 2 heterocycles. The Hall–Kier alpha value is -1.54. The summed E-state index contributed by atoms with van der Waals surface area (Å²) in [5.74, 6) is 2.87. The molecule has 0 saturated heterocycles. The number of hydrogen-bond acceptors (Lipinski definition) is 4. The highest BCUT2D eigenvalue weighted by molar-refractivity contribution is 5.75. The van der Waals surface area contributed by atoms with Crippen LogP contribution in [0.25, 0.3) is 0 Å². The molecule has 0 bridgehead atoms. The Morgan fingerprint density at radius 3 is 3.45 bits per heavy atom. The van der Waals surface area contributed by atoms with Crippen molar-refractivity contribution in [1.29, 1.82) is 0 Å². The van der Waals surface area contributed by atoms with Crippen molar-refractivity contribution in [1.82, 2.24) is 0 Å². The Labute approximate surface area is 62.8 Å². The van der Waals surface area contributed by atoms with Crippen LogP contribution in [0.15, 0.2) is 22.7 Å². The van der Waals surface area contributed by atoms with Gasteiger partial charge in [0.1, 0.15) is 5.70 Å². The molecule has 2 rings (SSSR count). The van der Waals surface area contributed by atoms with Gasteiger partial charge in [-0.15, -0.1) is 0 Å². The molecule has 0 spiro atoms. The zero-order valence-electron chi connectivity index (χ0n) is 5.66. The van der Waals surface area contributed by atoms with E-state index in [1.165, 1.54) is 6.26 Å². The minimum atomic E-state index is -0.264. The first-order valence-electron chi connectivity index (χ1n) is 3.18. The summed E-state index contributed by atoms with van der Waals surface area (Å²) in [6, 6.07) is 0. The maximum Gasteiger partial charge on any atom is 0.312 e. The van der Waals surface area contributed by atoms with Crippen molar-refractivity contribution < 1.29 is 14.3 Å². The van der Waals surface area contributed by atoms with Crippen LogP contribution in [0.1, 0.15) is 6.42 Å². The Balaban J connectivity index is 2.32. The summed E-state index contributed by atoms with van der Waals surface area (Å²) in [4.78, 5) is 14.6. The molecular formula is C7H5NO3. The highest BCUT2D eigenvalue weighted by Gasteiger charge is 2.21. The fraction of sp³-hybridized carbons (Fsp3) is 0.286. The van der Waals surface area contributed by atoms with Crippen LogP contribution in [-0.2, 0) is 14.3 Å². The van der Waals surface area contributed by atoms with Crippen molar-refractivity contribution in [3.8, 4) is 0 Å². The van der Waals surface area contributed by atoms with Crippen molar-refractivity contribution >= 4 is 11.8 Å². The Kier molecular flexibility index (Phi) is 1.27. The van der Waals surface area contributed by atoms with E-state index in [1.54, 1.807) is 0 Å². The van der Waals surface area contributed by atoms with Crippen LogP contribution < -0.4 is 0 Å². The van der Waals surface area contributed by atoms with Gasteiger partial charge in [-0.1, -0.05) is 0 Å². The highest BCUT2D eigenvalue weighted by atomic mass is 16.6. The van der Waals surface area contributed by atoms with Gasteiger partial charge in [-0.3, -0.25) is 4.79 Å². The molecule has 0 aromatic rings. The molecule has 0 N–H and O–H groups in total. The molecule has 2 aliphatic rings. The van der Waals surface area contributed by atoms with E-state index < -0.39 is 0 Å². The van der Waals surface area contributed by atoms with Gasteiger partial charge in [0.15, 0.2) is 18.6 Å². The summed E-state index contributed by atoms with van der Waals surface area (Å²) in [5.41, 5.74) is 0.628. The molecule has 4 nitrogen and oxygen atoms in total. The number of ether oxygens (including phenoxy) is 2. The summed E-state index contributed by atoms with van der Waals surface area (Å²) in [5, 5.41) is 0. The molecule has 0 fully saturated rings. The van der Waals surface area contributed by atoms with Crippen molar-refractivity contribution in [3.63, 3.8) is 0 Å². The van der Waals surface area contributed by atoms with Crippen LogP contribution in [0.5, 0.6) is 0 Å². The average Bonchev–Trinajstić information content (AvgIpc) is 2.04. The first-order valence-corrected chi connectivity index (χ1v) is 3.18. The second kappa shape index (κ2) is 2.25. The van der Waals surface area contributed by atoms with Crippen LogP contribution in [0.2, 0.25) is 0 Å². The predicted molar refractivity (Wildman–Crippen MR) is 35.7 cm³/mol. The normalized spacial score (nSPS) is 20.9. The van der Waals surface area contributed by atoms with Gasteiger partial charge in [-0.25, -0.2) is 4.99 Å². The van der Waals surface area contributed by atoms with Crippen molar-refractivity contribution in [2.45, 2.75) is 6.42 Å². The lowest BCUT2D eigenvalue weighted by atomic mass is 10.2. The van der Waals surface area contributed by atoms with E-state index in [2.05, 4.69) is 10.9 Å². The van der Waals surface area contributed by atoms with E-state index in [0.29, 0.717) is 11.5 Å². The van der Waals surface area contributed by atoms with Gasteiger partial charge < -0.3 is 9.47 Å². The van der Waals surface area contributed by atoms with Gasteiger partial charge in [0.25, 0.3) is 0 Å². The van der Waals surface area contributed by atoms with Crippen LogP contribution in [0.3, 0.4) is 0 Å². The van der Waals surface area contributed by atoms with Gasteiger partial charge >= 0.3 is 5.97 Å². The maximum atomic E-state index is 10.7. The molecular weight excluding hydrogens is 146 g/mol. The first kappa shape index (κ1) is 6.19. The van der Waals surface area contributed by atoms with E-state index in [9.17, 15) is 4.79 Å². The van der Waals surface area contributed by atoms with Crippen LogP contribution in [0, 0.1) is 0 Å². The lowest BCUT2D eigenvalue weighted by Crippen LogP contribution is -2.17. The fourth-order valence-corrected chi connectivity index (χ4v) is 0.921. The Bertz CT molecular complexity index is 297. The number of carbonyl (C=O) groups is 1. The average molecular weight is 151 g/mol. The van der Waals surface area contributed by atoms with Crippen molar-refractivity contribution in [2.75, 3.05) is 6.61 Å². The lowest BCUT2D eigenvalue weighted by molar-refractivity contribution is -0.144. The Morgan fingerprint density at radius 2 is 2.55 bits per heavy atom. The summed E-state index contributed by atoms with van der Waals surface area (Å²) in [6.45, 7) is 0.190. The monoisotopic (exact) mass is 151 g/mol. The van der Waals surface area contributed by atoms with Gasteiger partial charge in [0.05, 0.1) is 6.42 Å². The number of nitrogens with zero attached hydrogens (tertiary/aromatic N) is 1. The van der Waals surface area contributed by atoms with E-state index in [4.69, 9.17) is 9.47 Å². The number of aliphatic imine (C=N–C) groups is 1. The third-order valence-electron chi connectivity index (χ3n) is 1.45. The summed E-state index contributed by atoms with van der Waals surface area (Å²) < 4.78 is 9.72. The molecule has 0 aliphatic carbocycles. The number of carbonyl (C=O) groups excluding carboxylic acids is 1. The largest absolute Gasteiger partial charge is 0.457 e. The van der Waals surface area contributed by atoms with Crippen molar-refractivity contribution in [2.24, 2.45) is 4.99 Å². The van der Waals surface area contributed by atoms with Gasteiger partial charge in [0, 0.05) is 5.87 Å². The van der Waals surface area contributed by atoms with Crippen LogP contribution in [0.4, 0.5) is 0 Å². The van der Waals surface area contributed by atoms with E-state index in [1.807, 2.05) is 0 Å². The third-order valence-corrected chi connectivity index (χ3v) is 1.45. The summed E-state index contributed by atoms with van der Waals surface area (Å²) in [6.07, 6.45) is 1.54. The molecule has 0 radical (unpaired) electrons. The molecule has 0 atom stereocenters. The van der Waals surface area contributed by atoms with E-state index >= 15 is 0 Å². The molecule has 2 aliphatic heterocycles. The zero-order chi connectivity index (χ0) is 7.68. The third kappa shape index (κ3) is 1.04. The topological polar surface area (TPSA) is 47.9 Å². The molecule has 0 saturated carbocycles. The highest BCUT2D eigenvalue weighted by Crippen LogP contribution is 2.19. The van der Waals surface area contributed by atoms with Crippen molar-refractivity contribution in [3.05, 3.63) is 17.7 Å². The van der Waals surface area contributed by atoms with Gasteiger partial charge in [-0.05, 0) is 0 Å². The molecule has 0 amide bonds. The van der Waals surface area contributed by atoms with E-state index in [0.717, 1.165) is 0 Å². The molecule has 4 heteroatoms. The number of hydrogen-bond donors (Lipinski definition) is 0. The fourth-order valence-electron chi connectivity index (χ4n) is 0.921. The number of cyclic esters (lactones) is 1. The smallest absolute Gasteiger partial charge is 0.312 e. The molecule has 0 unspecified atom stereocenters. The number of esters is 1. The second-order valence-corrected chi connectivity index (χ2v) is 2.18. The SMILES string of the molecule is O=C1CC2=C(CO1)OC=C=N2. The summed E-state index contributed by atoms with van der Waals surface area (Å²) in [7, 11) is 0. The van der Waals surface area contributed by atoms with Gasteiger partial charge in [-0.2, -0.15) is 0 Å². The molecule has 0 aromatic heterocycles. The quantitative estimate of drug-likeness (QED) is 0.469. The minimum Gasteiger partial charge on any atom is -0.457 e.